The fourth-order valence-electron chi connectivity index (χ4n) is 3.80. The molecule has 2 saturated heterocycles. The van der Waals surface area contributed by atoms with Gasteiger partial charge in [-0.25, -0.2) is 0 Å². The zero-order valence-corrected chi connectivity index (χ0v) is 17.0. The molecule has 1 aromatic rings. The molecule has 0 saturated carbocycles. The fourth-order valence-corrected chi connectivity index (χ4v) is 3.80. The molecule has 3 rings (SSSR count). The summed E-state index contributed by atoms with van der Waals surface area (Å²) in [5.74, 6) is -0.213. The summed E-state index contributed by atoms with van der Waals surface area (Å²) in [6.45, 7) is 9.26. The van der Waals surface area contributed by atoms with Gasteiger partial charge in [0.2, 0.25) is 17.7 Å². The topological polar surface area (TPSA) is 73.0 Å². The van der Waals surface area contributed by atoms with E-state index >= 15 is 0 Å². The Morgan fingerprint density at radius 1 is 1.11 bits per heavy atom. The van der Waals surface area contributed by atoms with Crippen LogP contribution in [0.1, 0.15) is 25.8 Å². The summed E-state index contributed by atoms with van der Waals surface area (Å²) in [7, 11) is 0. The largest absolute Gasteiger partial charge is 0.353 e. The molecule has 0 aromatic heterocycles. The number of anilines is 1. The predicted octanol–water partition coefficient (Wildman–Crippen LogP) is 1.02. The summed E-state index contributed by atoms with van der Waals surface area (Å²) in [5.41, 5.74) is 2.00. The lowest BCUT2D eigenvalue weighted by atomic mass is 10.1. The SMILES string of the molecule is Cc1ccc(N2CC(C(=O)N3CCN(CC(=O)NC(C)C)CC3)CC2=O)cc1. The maximum atomic E-state index is 12.9. The highest BCUT2D eigenvalue weighted by Crippen LogP contribution is 2.27. The summed E-state index contributed by atoms with van der Waals surface area (Å²) in [6, 6.07) is 7.95. The zero-order valence-electron chi connectivity index (χ0n) is 17.0. The van der Waals surface area contributed by atoms with Crippen LogP contribution in [0.2, 0.25) is 0 Å². The van der Waals surface area contributed by atoms with Crippen LogP contribution >= 0.6 is 0 Å². The van der Waals surface area contributed by atoms with E-state index in [0.29, 0.717) is 39.3 Å². The van der Waals surface area contributed by atoms with Gasteiger partial charge >= 0.3 is 0 Å². The molecule has 28 heavy (non-hydrogen) atoms. The first-order valence-electron chi connectivity index (χ1n) is 10.0. The standard InChI is InChI=1S/C21H30N4O3/c1-15(2)22-19(26)14-23-8-10-24(11-9-23)21(28)17-12-20(27)25(13-17)18-6-4-16(3)5-7-18/h4-7,15,17H,8-14H2,1-3H3,(H,22,26). The number of rotatable bonds is 5. The Hall–Kier alpha value is -2.41. The van der Waals surface area contributed by atoms with Crippen LogP contribution in [-0.2, 0) is 14.4 Å². The fraction of sp³-hybridized carbons (Fsp3) is 0.571. The van der Waals surface area contributed by atoms with E-state index in [4.69, 9.17) is 0 Å². The lowest BCUT2D eigenvalue weighted by Gasteiger charge is -2.35. The van der Waals surface area contributed by atoms with Crippen molar-refractivity contribution in [2.75, 3.05) is 44.2 Å². The van der Waals surface area contributed by atoms with Crippen LogP contribution in [0.15, 0.2) is 24.3 Å². The van der Waals surface area contributed by atoms with Gasteiger partial charge in [0.05, 0.1) is 12.5 Å². The van der Waals surface area contributed by atoms with Gasteiger partial charge in [-0.1, -0.05) is 17.7 Å². The summed E-state index contributed by atoms with van der Waals surface area (Å²) in [4.78, 5) is 42.8. The Labute approximate surface area is 166 Å². The van der Waals surface area contributed by atoms with Gasteiger partial charge in [-0.2, -0.15) is 0 Å². The molecule has 1 unspecified atom stereocenters. The molecule has 152 valence electrons. The van der Waals surface area contributed by atoms with Crippen LogP contribution in [0.5, 0.6) is 0 Å². The second-order valence-electron chi connectivity index (χ2n) is 8.06. The molecule has 2 heterocycles. The molecule has 1 N–H and O–H groups in total. The van der Waals surface area contributed by atoms with E-state index in [1.807, 2.05) is 49.9 Å². The molecule has 3 amide bonds. The highest BCUT2D eigenvalue weighted by molar-refractivity contribution is 6.00. The van der Waals surface area contributed by atoms with Crippen molar-refractivity contribution in [3.63, 3.8) is 0 Å². The van der Waals surface area contributed by atoms with Crippen LogP contribution in [-0.4, -0.2) is 72.8 Å². The number of nitrogens with zero attached hydrogens (tertiary/aromatic N) is 3. The van der Waals surface area contributed by atoms with Gasteiger partial charge in [-0.15, -0.1) is 0 Å². The molecular weight excluding hydrogens is 356 g/mol. The maximum Gasteiger partial charge on any atom is 0.234 e. The third-order valence-corrected chi connectivity index (χ3v) is 5.32. The van der Waals surface area contributed by atoms with Crippen molar-refractivity contribution in [1.82, 2.24) is 15.1 Å². The highest BCUT2D eigenvalue weighted by atomic mass is 16.2. The average Bonchev–Trinajstić information content (AvgIpc) is 3.03. The first-order valence-corrected chi connectivity index (χ1v) is 10.0. The van der Waals surface area contributed by atoms with Crippen molar-refractivity contribution in [1.29, 1.82) is 0 Å². The van der Waals surface area contributed by atoms with Crippen LogP contribution in [0.25, 0.3) is 0 Å². The molecule has 7 nitrogen and oxygen atoms in total. The summed E-state index contributed by atoms with van der Waals surface area (Å²) >= 11 is 0. The van der Waals surface area contributed by atoms with Crippen molar-refractivity contribution in [3.8, 4) is 0 Å². The van der Waals surface area contributed by atoms with E-state index in [2.05, 4.69) is 10.2 Å². The first-order chi connectivity index (χ1) is 13.3. The lowest BCUT2D eigenvalue weighted by Crippen LogP contribution is -2.52. The van der Waals surface area contributed by atoms with E-state index in [1.165, 1.54) is 0 Å². The number of hydrogen-bond acceptors (Lipinski definition) is 4. The number of carbonyl (C=O) groups is 3. The Morgan fingerprint density at radius 2 is 1.75 bits per heavy atom. The minimum Gasteiger partial charge on any atom is -0.353 e. The molecule has 7 heteroatoms. The molecule has 0 aliphatic carbocycles. The van der Waals surface area contributed by atoms with Crippen molar-refractivity contribution in [3.05, 3.63) is 29.8 Å². The number of carbonyl (C=O) groups excluding carboxylic acids is 3. The molecule has 2 aliphatic rings. The molecule has 2 fully saturated rings. The average molecular weight is 386 g/mol. The third kappa shape index (κ3) is 4.90. The summed E-state index contributed by atoms with van der Waals surface area (Å²) in [5, 5.41) is 2.89. The first kappa shape index (κ1) is 20.3. The van der Waals surface area contributed by atoms with Crippen LogP contribution < -0.4 is 10.2 Å². The lowest BCUT2D eigenvalue weighted by molar-refractivity contribution is -0.137. The Morgan fingerprint density at radius 3 is 2.36 bits per heavy atom. The van der Waals surface area contributed by atoms with E-state index in [9.17, 15) is 14.4 Å². The van der Waals surface area contributed by atoms with Gasteiger partial charge in [0.1, 0.15) is 0 Å². The normalized spacial score (nSPS) is 20.7. The van der Waals surface area contributed by atoms with Crippen LogP contribution in [0, 0.1) is 12.8 Å². The van der Waals surface area contributed by atoms with Crippen molar-refractivity contribution >= 4 is 23.4 Å². The molecule has 2 aliphatic heterocycles. The second-order valence-corrected chi connectivity index (χ2v) is 8.06. The van der Waals surface area contributed by atoms with E-state index < -0.39 is 0 Å². The number of hydrogen-bond donors (Lipinski definition) is 1. The van der Waals surface area contributed by atoms with Gasteiger partial charge < -0.3 is 15.1 Å². The second kappa shape index (κ2) is 8.73. The van der Waals surface area contributed by atoms with Crippen molar-refractivity contribution < 1.29 is 14.4 Å². The predicted molar refractivity (Wildman–Crippen MR) is 108 cm³/mol. The monoisotopic (exact) mass is 386 g/mol. The highest BCUT2D eigenvalue weighted by Gasteiger charge is 2.38. The summed E-state index contributed by atoms with van der Waals surface area (Å²) in [6.07, 6.45) is 0.268. The number of benzene rings is 1. The van der Waals surface area contributed by atoms with E-state index in [0.717, 1.165) is 11.3 Å². The van der Waals surface area contributed by atoms with Gasteiger partial charge in [0, 0.05) is 50.9 Å². The van der Waals surface area contributed by atoms with Crippen LogP contribution in [0.3, 0.4) is 0 Å². The van der Waals surface area contributed by atoms with Crippen molar-refractivity contribution in [2.45, 2.75) is 33.2 Å². The van der Waals surface area contributed by atoms with Crippen LogP contribution in [0.4, 0.5) is 5.69 Å². The zero-order chi connectivity index (χ0) is 20.3. The van der Waals surface area contributed by atoms with Gasteiger partial charge in [-0.3, -0.25) is 19.3 Å². The third-order valence-electron chi connectivity index (χ3n) is 5.32. The van der Waals surface area contributed by atoms with E-state index in [-0.39, 0.29) is 36.1 Å². The maximum absolute atomic E-state index is 12.9. The van der Waals surface area contributed by atoms with Crippen molar-refractivity contribution in [2.24, 2.45) is 5.92 Å². The van der Waals surface area contributed by atoms with E-state index in [1.54, 1.807) is 4.90 Å². The number of amides is 3. The molecular formula is C21H30N4O3. The smallest absolute Gasteiger partial charge is 0.234 e. The molecule has 0 radical (unpaired) electrons. The molecule has 0 bridgehead atoms. The Kier molecular flexibility index (Phi) is 6.34. The van der Waals surface area contributed by atoms with Gasteiger partial charge in [0.25, 0.3) is 0 Å². The number of aryl methyl sites for hydroxylation is 1. The summed E-state index contributed by atoms with van der Waals surface area (Å²) < 4.78 is 0. The van der Waals surface area contributed by atoms with Gasteiger partial charge in [-0.05, 0) is 32.9 Å². The minimum atomic E-state index is -0.287. The van der Waals surface area contributed by atoms with Gasteiger partial charge in [0.15, 0.2) is 0 Å². The minimum absolute atomic E-state index is 0.00574. The quantitative estimate of drug-likeness (QED) is 0.820. The Balaban J connectivity index is 1.51. The number of nitrogens with one attached hydrogen (secondary N) is 1. The molecule has 1 aromatic carbocycles. The molecule has 1 atom stereocenters. The molecule has 0 spiro atoms. The number of piperazine rings is 1. The Bertz CT molecular complexity index is 724.